The number of nitrogens with zero attached hydrogens (tertiary/aromatic N) is 4. The summed E-state index contributed by atoms with van der Waals surface area (Å²) in [4.78, 5) is 32.6. The molecule has 1 saturated heterocycles. The summed E-state index contributed by atoms with van der Waals surface area (Å²) in [6, 6.07) is 7.69. The van der Waals surface area contributed by atoms with Gasteiger partial charge in [0.1, 0.15) is 0 Å². The molecule has 0 bridgehead atoms. The van der Waals surface area contributed by atoms with E-state index in [-0.39, 0.29) is 24.8 Å². The third-order valence-corrected chi connectivity index (χ3v) is 5.06. The number of halogens is 1. The van der Waals surface area contributed by atoms with Crippen molar-refractivity contribution in [2.45, 2.75) is 32.6 Å². The number of piperazine rings is 1. The number of nitrogens with one attached hydrogen (secondary N) is 1. The Bertz CT molecular complexity index is 816. The van der Waals surface area contributed by atoms with Gasteiger partial charge in [0.25, 0.3) is 0 Å². The molecule has 1 aliphatic rings. The summed E-state index contributed by atoms with van der Waals surface area (Å²) in [6.45, 7) is 4.79. The summed E-state index contributed by atoms with van der Waals surface area (Å²) in [7, 11) is 0. The Morgan fingerprint density at radius 1 is 1.14 bits per heavy atom. The number of benzene rings is 1. The maximum Gasteiger partial charge on any atom is 0.242 e. The van der Waals surface area contributed by atoms with Crippen molar-refractivity contribution in [1.82, 2.24) is 20.4 Å². The molecule has 1 fully saturated rings. The molecule has 0 unspecified atom stereocenters. The minimum atomic E-state index is -0.201. The molecule has 2 heterocycles. The first-order valence-corrected chi connectivity index (χ1v) is 10.3. The fraction of sp³-hybridized carbons (Fsp3) is 0.500. The Balaban J connectivity index is 1.36. The number of hydrogen-bond donors (Lipinski definition) is 1. The van der Waals surface area contributed by atoms with Crippen LogP contribution in [-0.2, 0) is 22.4 Å². The third kappa shape index (κ3) is 6.19. The number of anilines is 1. The SMILES string of the molecule is CCCc1noc(CCC(=O)NCC(=O)N2CCN(c3ccc(Cl)cc3)CC2)n1. The van der Waals surface area contributed by atoms with Gasteiger partial charge in [-0.05, 0) is 30.7 Å². The number of carbonyl (C=O) groups excluding carboxylic acids is 2. The van der Waals surface area contributed by atoms with Crippen molar-refractivity contribution >= 4 is 29.1 Å². The lowest BCUT2D eigenvalue weighted by Gasteiger charge is -2.36. The van der Waals surface area contributed by atoms with Gasteiger partial charge >= 0.3 is 0 Å². The molecule has 1 aromatic carbocycles. The fourth-order valence-corrected chi connectivity index (χ4v) is 3.30. The lowest BCUT2D eigenvalue weighted by Crippen LogP contribution is -2.51. The van der Waals surface area contributed by atoms with Crippen LogP contribution in [0.25, 0.3) is 0 Å². The monoisotopic (exact) mass is 419 g/mol. The van der Waals surface area contributed by atoms with Crippen molar-refractivity contribution in [1.29, 1.82) is 0 Å². The van der Waals surface area contributed by atoms with E-state index < -0.39 is 0 Å². The second-order valence-electron chi connectivity index (χ2n) is 6.98. The van der Waals surface area contributed by atoms with Crippen LogP contribution in [0.5, 0.6) is 0 Å². The Morgan fingerprint density at radius 2 is 1.86 bits per heavy atom. The van der Waals surface area contributed by atoms with Crippen molar-refractivity contribution in [3.63, 3.8) is 0 Å². The Hall–Kier alpha value is -2.61. The molecule has 29 heavy (non-hydrogen) atoms. The molecule has 2 amide bonds. The lowest BCUT2D eigenvalue weighted by molar-refractivity contribution is -0.133. The summed E-state index contributed by atoms with van der Waals surface area (Å²) in [6.07, 6.45) is 2.28. The van der Waals surface area contributed by atoms with E-state index in [2.05, 4.69) is 20.4 Å². The molecule has 1 aliphatic heterocycles. The highest BCUT2D eigenvalue weighted by Crippen LogP contribution is 2.19. The second-order valence-corrected chi connectivity index (χ2v) is 7.41. The molecule has 8 nitrogen and oxygen atoms in total. The molecule has 1 aromatic heterocycles. The average molecular weight is 420 g/mol. The first-order valence-electron chi connectivity index (χ1n) is 9.91. The summed E-state index contributed by atoms with van der Waals surface area (Å²) >= 11 is 5.93. The van der Waals surface area contributed by atoms with Crippen LogP contribution >= 0.6 is 11.6 Å². The zero-order chi connectivity index (χ0) is 20.6. The molecule has 9 heteroatoms. The van der Waals surface area contributed by atoms with E-state index >= 15 is 0 Å². The van der Waals surface area contributed by atoms with Crippen LogP contribution in [0.1, 0.15) is 31.5 Å². The number of aryl methyl sites for hydroxylation is 2. The second kappa shape index (κ2) is 10.2. The summed E-state index contributed by atoms with van der Waals surface area (Å²) in [5.41, 5.74) is 1.10. The highest BCUT2D eigenvalue weighted by molar-refractivity contribution is 6.30. The zero-order valence-electron chi connectivity index (χ0n) is 16.6. The van der Waals surface area contributed by atoms with Crippen molar-refractivity contribution in [2.24, 2.45) is 0 Å². The molecule has 3 rings (SSSR count). The fourth-order valence-electron chi connectivity index (χ4n) is 3.18. The van der Waals surface area contributed by atoms with Gasteiger partial charge in [0.05, 0.1) is 6.54 Å². The largest absolute Gasteiger partial charge is 0.368 e. The Kier molecular flexibility index (Phi) is 7.46. The summed E-state index contributed by atoms with van der Waals surface area (Å²) < 4.78 is 5.11. The van der Waals surface area contributed by atoms with Crippen LogP contribution in [0.15, 0.2) is 28.8 Å². The van der Waals surface area contributed by atoms with E-state index in [1.807, 2.05) is 31.2 Å². The van der Waals surface area contributed by atoms with E-state index in [1.165, 1.54) is 0 Å². The van der Waals surface area contributed by atoms with Gasteiger partial charge < -0.3 is 19.6 Å². The highest BCUT2D eigenvalue weighted by Gasteiger charge is 2.21. The van der Waals surface area contributed by atoms with Gasteiger partial charge in [-0.3, -0.25) is 9.59 Å². The minimum Gasteiger partial charge on any atom is -0.368 e. The maximum absolute atomic E-state index is 12.4. The number of carbonyl (C=O) groups is 2. The minimum absolute atomic E-state index is 0.00466. The van der Waals surface area contributed by atoms with Crippen molar-refractivity contribution < 1.29 is 14.1 Å². The van der Waals surface area contributed by atoms with Crippen molar-refractivity contribution in [3.8, 4) is 0 Å². The maximum atomic E-state index is 12.4. The van der Waals surface area contributed by atoms with Crippen LogP contribution in [0.4, 0.5) is 5.69 Å². The van der Waals surface area contributed by atoms with Crippen molar-refractivity contribution in [3.05, 3.63) is 41.0 Å². The van der Waals surface area contributed by atoms with Gasteiger partial charge in [-0.2, -0.15) is 4.98 Å². The van der Waals surface area contributed by atoms with Crippen LogP contribution < -0.4 is 10.2 Å². The number of aromatic nitrogens is 2. The molecular formula is C20H26ClN5O3. The molecule has 0 aliphatic carbocycles. The average Bonchev–Trinajstić information content (AvgIpc) is 3.19. The molecular weight excluding hydrogens is 394 g/mol. The highest BCUT2D eigenvalue weighted by atomic mass is 35.5. The normalized spacial score (nSPS) is 14.1. The molecule has 0 atom stereocenters. The molecule has 1 N–H and O–H groups in total. The van der Waals surface area contributed by atoms with Gasteiger partial charge in [0.15, 0.2) is 5.82 Å². The van der Waals surface area contributed by atoms with Gasteiger partial charge in [-0.15, -0.1) is 0 Å². The van der Waals surface area contributed by atoms with E-state index in [0.717, 1.165) is 31.6 Å². The van der Waals surface area contributed by atoms with E-state index in [9.17, 15) is 9.59 Å². The summed E-state index contributed by atoms with van der Waals surface area (Å²) in [5.74, 6) is 0.842. The topological polar surface area (TPSA) is 91.6 Å². The smallest absolute Gasteiger partial charge is 0.242 e. The van der Waals surface area contributed by atoms with Crippen LogP contribution in [0, 0.1) is 0 Å². The molecule has 0 radical (unpaired) electrons. The Labute approximate surface area is 175 Å². The predicted octanol–water partition coefficient (Wildman–Crippen LogP) is 2.07. The number of rotatable bonds is 8. The van der Waals surface area contributed by atoms with Crippen molar-refractivity contribution in [2.75, 3.05) is 37.6 Å². The van der Waals surface area contributed by atoms with Crippen LogP contribution in [-0.4, -0.2) is 59.6 Å². The third-order valence-electron chi connectivity index (χ3n) is 4.81. The first-order chi connectivity index (χ1) is 14.0. The van der Waals surface area contributed by atoms with E-state index in [4.69, 9.17) is 16.1 Å². The van der Waals surface area contributed by atoms with Gasteiger partial charge in [0, 0.05) is 56.2 Å². The predicted molar refractivity (Wildman–Crippen MR) is 110 cm³/mol. The van der Waals surface area contributed by atoms with Gasteiger partial charge in [-0.25, -0.2) is 0 Å². The van der Waals surface area contributed by atoms with Crippen LogP contribution in [0.3, 0.4) is 0 Å². The quantitative estimate of drug-likeness (QED) is 0.704. The van der Waals surface area contributed by atoms with Gasteiger partial charge in [0.2, 0.25) is 17.7 Å². The first kappa shape index (κ1) is 21.1. The van der Waals surface area contributed by atoms with E-state index in [1.54, 1.807) is 4.90 Å². The summed E-state index contributed by atoms with van der Waals surface area (Å²) in [5, 5.41) is 7.25. The number of amides is 2. The van der Waals surface area contributed by atoms with Gasteiger partial charge in [-0.1, -0.05) is 23.7 Å². The Morgan fingerprint density at radius 3 is 2.55 bits per heavy atom. The van der Waals surface area contributed by atoms with E-state index in [0.29, 0.717) is 36.2 Å². The van der Waals surface area contributed by atoms with Crippen LogP contribution in [0.2, 0.25) is 5.02 Å². The molecule has 0 spiro atoms. The number of hydrogen-bond acceptors (Lipinski definition) is 6. The molecule has 2 aromatic rings. The molecule has 0 saturated carbocycles. The lowest BCUT2D eigenvalue weighted by atomic mass is 10.2. The molecule has 156 valence electrons. The standard InChI is InChI=1S/C20H26ClN5O3/c1-2-3-17-23-19(29-24-17)9-8-18(27)22-14-20(28)26-12-10-25(11-13-26)16-6-4-15(21)5-7-16/h4-7H,2-3,8-14H2,1H3,(H,22,27). The zero-order valence-corrected chi connectivity index (χ0v) is 17.3.